The molecule has 3 fully saturated rings. The number of amides is 1. The number of carbonyl (C=O) groups excluding carboxylic acids is 3. The fourth-order valence-electron chi connectivity index (χ4n) is 8.72. The Hall–Kier alpha value is -7.00. The van der Waals surface area contributed by atoms with Crippen LogP contribution < -0.4 is 25.7 Å². The van der Waals surface area contributed by atoms with Crippen LogP contribution in [0.5, 0.6) is 17.2 Å². The number of nitrogens with zero attached hydrogens (tertiary/aromatic N) is 1. The highest BCUT2D eigenvalue weighted by Gasteiger charge is 2.37. The lowest BCUT2D eigenvalue weighted by molar-refractivity contribution is -0.0336. The molecule has 3 saturated heterocycles. The number of phenolic OH excluding ortho intramolecular Hbond substituents is 1. The third-order valence-electron chi connectivity index (χ3n) is 12.3. The zero-order chi connectivity index (χ0) is 46.0. The van der Waals surface area contributed by atoms with Gasteiger partial charge in [-0.3, -0.25) is 14.5 Å². The van der Waals surface area contributed by atoms with Gasteiger partial charge in [0.25, 0.3) is 0 Å². The standard InChI is InChI=1S/C52H54N4O10/c1-63-46-28-37(16-17-39(46)29-53-30-45(59)41-18-20-44(58)50-42(41)19-21-48(60)54-50)43(57)11-6-26-64-51(61)36-14-12-33(13-15-36)32-65-40-10-5-9-38(27-40)49(35-7-3-2-4-8-35)55-52(62)66-47-31-56-24-22-34(47)23-25-56/h2-5,7-10,12-21,27-28,34,45,47,49,53,58-59H,6,11,22-26,29-32H2,1H3,(H,54,60)(H,55,62)/t45-,47-,49-/m0/s1. The largest absolute Gasteiger partial charge is 0.506 e. The number of Topliss-reactive ketones (excluding diaryl/α,β-unsaturated/α-hetero) is 1. The Morgan fingerprint density at radius 3 is 2.39 bits per heavy atom. The second kappa shape index (κ2) is 21.3. The number of pyridine rings is 1. The predicted molar refractivity (Wildman–Crippen MR) is 248 cm³/mol. The van der Waals surface area contributed by atoms with Crippen molar-refractivity contribution in [1.29, 1.82) is 0 Å². The molecular formula is C52H54N4O10. The fourth-order valence-corrected chi connectivity index (χ4v) is 8.72. The monoisotopic (exact) mass is 894 g/mol. The molecule has 1 aromatic heterocycles. The van der Waals surface area contributed by atoms with Crippen molar-refractivity contribution in [3.63, 3.8) is 0 Å². The number of aromatic amines is 1. The number of hydrogen-bond acceptors (Lipinski definition) is 12. The molecule has 3 atom stereocenters. The molecule has 2 bridgehead atoms. The number of methoxy groups -OCH3 is 1. The van der Waals surface area contributed by atoms with Gasteiger partial charge in [0.2, 0.25) is 5.56 Å². The van der Waals surface area contributed by atoms with Gasteiger partial charge in [0.15, 0.2) is 5.78 Å². The molecule has 14 nitrogen and oxygen atoms in total. The molecule has 1 amide bonds. The average molecular weight is 895 g/mol. The van der Waals surface area contributed by atoms with Gasteiger partial charge in [-0.15, -0.1) is 0 Å². The zero-order valence-electron chi connectivity index (χ0n) is 36.7. The van der Waals surface area contributed by atoms with Gasteiger partial charge in [-0.05, 0) is 103 Å². The summed E-state index contributed by atoms with van der Waals surface area (Å²) >= 11 is 0. The summed E-state index contributed by atoms with van der Waals surface area (Å²) in [5, 5.41) is 27.9. The topological polar surface area (TPSA) is 189 Å². The maximum Gasteiger partial charge on any atom is 0.408 e. The van der Waals surface area contributed by atoms with Gasteiger partial charge >= 0.3 is 12.1 Å². The van der Waals surface area contributed by atoms with Crippen molar-refractivity contribution in [2.24, 2.45) is 5.92 Å². The minimum atomic E-state index is -0.932. The van der Waals surface area contributed by atoms with Crippen LogP contribution in [-0.2, 0) is 22.6 Å². The number of aromatic hydroxyl groups is 1. The van der Waals surface area contributed by atoms with Gasteiger partial charge in [-0.2, -0.15) is 0 Å². The first-order chi connectivity index (χ1) is 32.1. The van der Waals surface area contributed by atoms with Gasteiger partial charge in [0.1, 0.15) is 30.0 Å². The van der Waals surface area contributed by atoms with Crippen LogP contribution in [0, 0.1) is 5.92 Å². The van der Waals surface area contributed by atoms with E-state index < -0.39 is 24.2 Å². The lowest BCUT2D eigenvalue weighted by atomic mass is 9.86. The van der Waals surface area contributed by atoms with Crippen LogP contribution in [0.25, 0.3) is 10.9 Å². The van der Waals surface area contributed by atoms with Crippen molar-refractivity contribution >= 4 is 28.7 Å². The molecule has 0 unspecified atom stereocenters. The van der Waals surface area contributed by atoms with Gasteiger partial charge < -0.3 is 44.8 Å². The van der Waals surface area contributed by atoms with Gasteiger partial charge in [0.05, 0.1) is 36.9 Å². The molecule has 0 spiro atoms. The van der Waals surface area contributed by atoms with Crippen LogP contribution >= 0.6 is 0 Å². The Kier molecular flexibility index (Phi) is 14.7. The number of nitrogens with one attached hydrogen (secondary N) is 3. The molecule has 3 aliphatic rings. The number of benzene rings is 5. The summed E-state index contributed by atoms with van der Waals surface area (Å²) in [6.45, 7) is 3.74. The van der Waals surface area contributed by atoms with Crippen LogP contribution in [-0.4, -0.2) is 83.9 Å². The number of H-pyrrole nitrogens is 1. The van der Waals surface area contributed by atoms with E-state index in [-0.39, 0.29) is 54.9 Å². The number of rotatable bonds is 19. The van der Waals surface area contributed by atoms with Crippen molar-refractivity contribution in [2.75, 3.05) is 39.9 Å². The third kappa shape index (κ3) is 11.3. The van der Waals surface area contributed by atoms with E-state index in [1.165, 1.54) is 19.2 Å². The first-order valence-corrected chi connectivity index (χ1v) is 22.3. The number of ether oxygens (including phenoxy) is 4. The lowest BCUT2D eigenvalue weighted by Gasteiger charge is -2.43. The zero-order valence-corrected chi connectivity index (χ0v) is 36.7. The van der Waals surface area contributed by atoms with E-state index in [0.717, 1.165) is 54.7 Å². The predicted octanol–water partition coefficient (Wildman–Crippen LogP) is 7.37. The number of phenols is 1. The molecule has 66 heavy (non-hydrogen) atoms. The second-order valence-corrected chi connectivity index (χ2v) is 16.7. The fraction of sp³-hybridized carbons (Fsp3) is 0.308. The first kappa shape index (κ1) is 45.6. The smallest absolute Gasteiger partial charge is 0.408 e. The Bertz CT molecular complexity index is 2700. The first-order valence-electron chi connectivity index (χ1n) is 22.3. The van der Waals surface area contributed by atoms with E-state index in [0.29, 0.717) is 52.5 Å². The molecule has 3 aliphatic heterocycles. The van der Waals surface area contributed by atoms with Gasteiger partial charge in [-0.25, -0.2) is 9.59 Å². The van der Waals surface area contributed by atoms with E-state index in [2.05, 4.69) is 20.5 Å². The average Bonchev–Trinajstić information content (AvgIpc) is 3.35. The number of aliphatic hydroxyl groups is 1. The van der Waals surface area contributed by atoms with Crippen molar-refractivity contribution in [1.82, 2.24) is 20.5 Å². The SMILES string of the molecule is COc1cc(C(=O)CCCOC(=O)c2ccc(COc3cccc([C@@H](NC(=O)O[C@H]4CN5CCC4CC5)c4ccccc4)c3)cc2)ccc1CNC[C@H](O)c1ccc(O)c2[nH]c(=O)ccc12. The number of ketones is 1. The molecule has 0 aliphatic carbocycles. The number of piperidine rings is 3. The number of hydrogen-bond donors (Lipinski definition) is 5. The molecule has 6 aromatic rings. The van der Waals surface area contributed by atoms with Crippen LogP contribution in [0.3, 0.4) is 0 Å². The van der Waals surface area contributed by atoms with Gasteiger partial charge in [0, 0.05) is 48.6 Å². The molecular weight excluding hydrogens is 841 g/mol. The van der Waals surface area contributed by atoms with E-state index in [1.807, 2.05) is 54.6 Å². The summed E-state index contributed by atoms with van der Waals surface area (Å²) in [7, 11) is 1.52. The minimum Gasteiger partial charge on any atom is -0.506 e. The summed E-state index contributed by atoms with van der Waals surface area (Å²) in [4.78, 5) is 55.9. The molecule has 9 rings (SSSR count). The molecule has 5 N–H and O–H groups in total. The number of esters is 1. The molecule has 4 heterocycles. The van der Waals surface area contributed by atoms with Crippen molar-refractivity contribution in [3.8, 4) is 17.2 Å². The van der Waals surface area contributed by atoms with E-state index in [4.69, 9.17) is 18.9 Å². The maximum absolute atomic E-state index is 13.2. The third-order valence-corrected chi connectivity index (χ3v) is 12.3. The van der Waals surface area contributed by atoms with Crippen molar-refractivity contribution in [2.45, 2.75) is 57.1 Å². The number of fused-ring (bicyclic) bond motifs is 4. The highest BCUT2D eigenvalue weighted by Crippen LogP contribution is 2.32. The number of aliphatic hydroxyl groups excluding tert-OH is 1. The van der Waals surface area contributed by atoms with Crippen molar-refractivity contribution < 1.29 is 43.5 Å². The molecule has 0 saturated carbocycles. The number of alkyl carbamates (subject to hydrolysis) is 1. The summed E-state index contributed by atoms with van der Waals surface area (Å²) in [5.41, 5.74) is 4.69. The van der Waals surface area contributed by atoms with E-state index >= 15 is 0 Å². The normalized spacial score (nSPS) is 17.4. The van der Waals surface area contributed by atoms with Crippen LogP contribution in [0.2, 0.25) is 0 Å². The lowest BCUT2D eigenvalue weighted by Crippen LogP contribution is -2.52. The number of carbonyl (C=O) groups is 3. The summed E-state index contributed by atoms with van der Waals surface area (Å²) in [6.07, 6.45) is 1.13. The van der Waals surface area contributed by atoms with Crippen LogP contribution in [0.4, 0.5) is 4.79 Å². The van der Waals surface area contributed by atoms with E-state index in [9.17, 15) is 29.4 Å². The maximum atomic E-state index is 13.2. The quantitative estimate of drug-likeness (QED) is 0.0309. The molecule has 5 aromatic carbocycles. The van der Waals surface area contributed by atoms with Crippen LogP contribution in [0.1, 0.15) is 86.4 Å². The Morgan fingerprint density at radius 2 is 1.64 bits per heavy atom. The minimum absolute atomic E-state index is 0.0654. The van der Waals surface area contributed by atoms with Crippen LogP contribution in [0.15, 0.2) is 126 Å². The molecule has 342 valence electrons. The number of aromatic nitrogens is 1. The second-order valence-electron chi connectivity index (χ2n) is 16.7. The summed E-state index contributed by atoms with van der Waals surface area (Å²) in [5.74, 6) is 0.835. The highest BCUT2D eigenvalue weighted by molar-refractivity contribution is 5.96. The van der Waals surface area contributed by atoms with E-state index in [1.54, 1.807) is 54.6 Å². The molecule has 14 heteroatoms. The van der Waals surface area contributed by atoms with Crippen molar-refractivity contribution in [3.05, 3.63) is 171 Å². The highest BCUT2D eigenvalue weighted by atomic mass is 16.6. The Morgan fingerprint density at radius 1 is 0.864 bits per heavy atom. The summed E-state index contributed by atoms with van der Waals surface area (Å²) < 4.78 is 23.2. The Labute approximate surface area is 382 Å². The Balaban J connectivity index is 0.777. The molecule has 0 radical (unpaired) electrons. The summed E-state index contributed by atoms with van der Waals surface area (Å²) in [6, 6.07) is 35.1. The van der Waals surface area contributed by atoms with Gasteiger partial charge in [-0.1, -0.05) is 72.8 Å².